The minimum Gasteiger partial charge on any atom is -0.454 e. The summed E-state index contributed by atoms with van der Waals surface area (Å²) < 4.78 is 17.5. The fourth-order valence-electron chi connectivity index (χ4n) is 8.67. The Labute approximate surface area is 444 Å². The van der Waals surface area contributed by atoms with Crippen LogP contribution in [0.25, 0.3) is 0 Å². The van der Waals surface area contributed by atoms with Crippen LogP contribution < -0.4 is 5.32 Å². The fraction of sp³-hybridized carbons (Fsp3) is 0.742. The lowest BCUT2D eigenvalue weighted by atomic mass is 9.99. The lowest BCUT2D eigenvalue weighted by molar-refractivity contribution is -0.305. The largest absolute Gasteiger partial charge is 0.454 e. The number of aliphatic hydroxyl groups excluding tert-OH is 5. The van der Waals surface area contributed by atoms with Gasteiger partial charge in [0.2, 0.25) is 5.91 Å². The van der Waals surface area contributed by atoms with Crippen LogP contribution in [0.3, 0.4) is 0 Å². The van der Waals surface area contributed by atoms with E-state index in [1.807, 2.05) is 18.2 Å². The Balaban J connectivity index is 2.78. The molecule has 1 amide bonds. The number of hydrogen-bond acceptors (Lipinski definition) is 10. The van der Waals surface area contributed by atoms with E-state index in [0.717, 1.165) is 77.0 Å². The zero-order valence-corrected chi connectivity index (χ0v) is 46.2. The maximum atomic E-state index is 13.3. The average Bonchev–Trinajstić information content (AvgIpc) is 3.39. The van der Waals surface area contributed by atoms with E-state index >= 15 is 0 Å². The number of rotatable bonds is 48. The van der Waals surface area contributed by atoms with Crippen molar-refractivity contribution in [3.63, 3.8) is 0 Å². The summed E-state index contributed by atoms with van der Waals surface area (Å²) in [6.45, 7) is 5.61. The Morgan fingerprint density at radius 2 is 0.973 bits per heavy atom. The summed E-state index contributed by atoms with van der Waals surface area (Å²) in [7, 11) is 0. The molecule has 0 aromatic carbocycles. The number of ether oxygens (including phenoxy) is 3. The highest BCUT2D eigenvalue weighted by molar-refractivity contribution is 5.81. The van der Waals surface area contributed by atoms with E-state index in [1.165, 1.54) is 109 Å². The number of allylic oxidation sites excluding steroid dienone is 12. The van der Waals surface area contributed by atoms with E-state index in [0.29, 0.717) is 12.8 Å². The number of nitrogens with one attached hydrogen (secondary N) is 1. The Morgan fingerprint density at radius 1 is 0.548 bits per heavy atom. The second kappa shape index (κ2) is 49.7. The first-order valence-corrected chi connectivity index (χ1v) is 29.4. The first-order chi connectivity index (χ1) is 35.7. The fourth-order valence-corrected chi connectivity index (χ4v) is 8.67. The van der Waals surface area contributed by atoms with Crippen LogP contribution >= 0.6 is 0 Å². The predicted octanol–water partition coefficient (Wildman–Crippen LogP) is 13.4. The summed E-state index contributed by atoms with van der Waals surface area (Å²) >= 11 is 0. The Kier molecular flexibility index (Phi) is 46.2. The normalized spacial score (nSPS) is 20.0. The van der Waals surface area contributed by atoms with E-state index in [1.54, 1.807) is 12.2 Å². The Bertz CT molecular complexity index is 1510. The molecule has 11 heteroatoms. The molecule has 0 saturated carbocycles. The average molecular weight is 1030 g/mol. The molecule has 1 aliphatic rings. The van der Waals surface area contributed by atoms with Crippen molar-refractivity contribution in [2.45, 2.75) is 282 Å². The highest BCUT2D eigenvalue weighted by atomic mass is 16.7. The lowest BCUT2D eigenvalue weighted by Crippen LogP contribution is -2.61. The van der Waals surface area contributed by atoms with Crippen molar-refractivity contribution in [1.82, 2.24) is 5.32 Å². The molecular weight excluding hydrogens is 919 g/mol. The van der Waals surface area contributed by atoms with Crippen LogP contribution in [0.15, 0.2) is 85.1 Å². The second-order valence-corrected chi connectivity index (χ2v) is 20.0. The summed E-state index contributed by atoms with van der Waals surface area (Å²) in [5.41, 5.74) is 0. The van der Waals surface area contributed by atoms with Crippen molar-refractivity contribution in [3.8, 4) is 0 Å². The zero-order chi connectivity index (χ0) is 53.3. The van der Waals surface area contributed by atoms with Crippen LogP contribution in [0.1, 0.15) is 233 Å². The number of esters is 1. The van der Waals surface area contributed by atoms with Crippen molar-refractivity contribution < 1.29 is 49.3 Å². The number of hydrogen-bond donors (Lipinski definition) is 6. The highest BCUT2D eigenvalue weighted by Gasteiger charge is 2.47. The SMILES string of the molecule is CC/C=C\C/C=C\C/C=C\C/C=C\C/C=C\C/C=C\CC(O)C(=O)NC(COC1OC(CO)C(O)C(O)C1OC(=O)CCCCCCCCCCCCCCCC)C(O)/C=C/CCCCCCCCCCCC. The van der Waals surface area contributed by atoms with Crippen molar-refractivity contribution >= 4 is 11.9 Å². The molecule has 0 aromatic rings. The van der Waals surface area contributed by atoms with Crippen LogP contribution in [0.4, 0.5) is 0 Å². The summed E-state index contributed by atoms with van der Waals surface area (Å²) in [5.74, 6) is -1.29. The van der Waals surface area contributed by atoms with Gasteiger partial charge in [-0.05, 0) is 57.8 Å². The molecule has 0 bridgehead atoms. The predicted molar refractivity (Wildman–Crippen MR) is 301 cm³/mol. The van der Waals surface area contributed by atoms with Crippen LogP contribution in [0.5, 0.6) is 0 Å². The Morgan fingerprint density at radius 3 is 1.42 bits per heavy atom. The molecule has 420 valence electrons. The van der Waals surface area contributed by atoms with Gasteiger partial charge in [0, 0.05) is 12.8 Å². The van der Waals surface area contributed by atoms with Crippen molar-refractivity contribution in [3.05, 3.63) is 85.1 Å². The molecule has 0 aromatic heterocycles. The highest BCUT2D eigenvalue weighted by Crippen LogP contribution is 2.26. The molecule has 1 saturated heterocycles. The lowest BCUT2D eigenvalue weighted by Gasteiger charge is -2.41. The van der Waals surface area contributed by atoms with Gasteiger partial charge < -0.3 is 45.1 Å². The molecule has 8 unspecified atom stereocenters. The summed E-state index contributed by atoms with van der Waals surface area (Å²) in [4.78, 5) is 26.4. The molecule has 0 aliphatic carbocycles. The van der Waals surface area contributed by atoms with Gasteiger partial charge in [0.1, 0.15) is 24.4 Å². The molecule has 6 N–H and O–H groups in total. The molecule has 0 spiro atoms. The molecule has 1 fully saturated rings. The van der Waals surface area contributed by atoms with Crippen LogP contribution in [-0.4, -0.2) is 99.6 Å². The third-order valence-electron chi connectivity index (χ3n) is 13.3. The molecule has 73 heavy (non-hydrogen) atoms. The standard InChI is InChI=1S/C62H107NO10/c1-4-7-10-13-16-19-22-25-27-28-29-30-31-34-37-40-43-46-49-55(66)61(70)63-53(54(65)48-45-42-39-36-33-24-21-18-15-12-9-6-3)52-71-62-60(59(69)58(68)56(51-64)72-62)73-57(67)50-47-44-41-38-35-32-26-23-20-17-14-11-8-5-2/h7,10,16,19,25,27,29-30,34,37,43,45-46,48,53-56,58-60,62,64-66,68-69H,4-6,8-9,11-15,17-18,20-24,26,28,31-33,35-36,38-42,44,47,49-52H2,1-3H3,(H,63,70)/b10-7-,19-16-,27-25-,30-29-,37-34-,46-43-,48-45+. The van der Waals surface area contributed by atoms with Gasteiger partial charge in [-0.15, -0.1) is 0 Å². The quantitative estimate of drug-likeness (QED) is 0.0195. The summed E-state index contributed by atoms with van der Waals surface area (Å²) in [6, 6.07) is -1.07. The molecule has 1 rings (SSSR count). The number of unbranched alkanes of at least 4 members (excludes halogenated alkanes) is 23. The van der Waals surface area contributed by atoms with Gasteiger partial charge in [-0.2, -0.15) is 0 Å². The maximum Gasteiger partial charge on any atom is 0.306 e. The third-order valence-corrected chi connectivity index (χ3v) is 13.3. The molecule has 11 nitrogen and oxygen atoms in total. The van der Waals surface area contributed by atoms with Gasteiger partial charge in [-0.25, -0.2) is 0 Å². The van der Waals surface area contributed by atoms with E-state index in [9.17, 15) is 35.1 Å². The summed E-state index contributed by atoms with van der Waals surface area (Å²) in [5, 5.41) is 56.7. The van der Waals surface area contributed by atoms with Crippen LogP contribution in [0, 0.1) is 0 Å². The van der Waals surface area contributed by atoms with E-state index in [4.69, 9.17) is 14.2 Å². The topological polar surface area (TPSA) is 175 Å². The first-order valence-electron chi connectivity index (χ1n) is 29.4. The van der Waals surface area contributed by atoms with Gasteiger partial charge >= 0.3 is 5.97 Å². The van der Waals surface area contributed by atoms with Crippen molar-refractivity contribution in [2.75, 3.05) is 13.2 Å². The van der Waals surface area contributed by atoms with Gasteiger partial charge in [0.25, 0.3) is 0 Å². The minimum absolute atomic E-state index is 0.0557. The molecule has 0 radical (unpaired) electrons. The number of carbonyl (C=O) groups excluding carboxylic acids is 2. The van der Waals surface area contributed by atoms with E-state index in [2.05, 4.69) is 80.8 Å². The number of aliphatic hydroxyl groups is 5. The smallest absolute Gasteiger partial charge is 0.306 e. The summed E-state index contributed by atoms with van der Waals surface area (Å²) in [6.07, 6.45) is 53.6. The molecule has 1 heterocycles. The molecule has 1 aliphatic heterocycles. The van der Waals surface area contributed by atoms with Gasteiger partial charge in [0.05, 0.1) is 25.4 Å². The van der Waals surface area contributed by atoms with Gasteiger partial charge in [-0.3, -0.25) is 9.59 Å². The van der Waals surface area contributed by atoms with Crippen molar-refractivity contribution in [1.29, 1.82) is 0 Å². The Hall–Kier alpha value is -3.16. The number of carbonyl (C=O) groups is 2. The van der Waals surface area contributed by atoms with Crippen molar-refractivity contribution in [2.24, 2.45) is 0 Å². The zero-order valence-electron chi connectivity index (χ0n) is 46.2. The van der Waals surface area contributed by atoms with Crippen LogP contribution in [-0.2, 0) is 23.8 Å². The number of amides is 1. The van der Waals surface area contributed by atoms with Crippen LogP contribution in [0.2, 0.25) is 0 Å². The molecule has 8 atom stereocenters. The van der Waals surface area contributed by atoms with Gasteiger partial charge in [-0.1, -0.05) is 247 Å². The monoisotopic (exact) mass is 1030 g/mol. The maximum absolute atomic E-state index is 13.3. The molecular formula is C62H107NO10. The van der Waals surface area contributed by atoms with E-state index in [-0.39, 0.29) is 19.4 Å². The first kappa shape index (κ1) is 67.9. The second-order valence-electron chi connectivity index (χ2n) is 20.0. The minimum atomic E-state index is -1.63. The van der Waals surface area contributed by atoms with E-state index < -0.39 is 67.4 Å². The third kappa shape index (κ3) is 38.1. The van der Waals surface area contributed by atoms with Gasteiger partial charge in [0.15, 0.2) is 12.4 Å².